The number of methoxy groups -OCH3 is 1. The number of carbonyl (C=O) groups is 2. The van der Waals surface area contributed by atoms with Crippen LogP contribution in [-0.2, 0) is 16.1 Å². The zero-order valence-electron chi connectivity index (χ0n) is 15.1. The molecule has 27 heavy (non-hydrogen) atoms. The van der Waals surface area contributed by atoms with Crippen molar-refractivity contribution in [2.75, 3.05) is 7.11 Å². The van der Waals surface area contributed by atoms with Crippen LogP contribution in [0.4, 0.5) is 0 Å². The van der Waals surface area contributed by atoms with Crippen LogP contribution in [0.2, 0.25) is 0 Å². The van der Waals surface area contributed by atoms with Crippen LogP contribution in [0.3, 0.4) is 0 Å². The van der Waals surface area contributed by atoms with Gasteiger partial charge in [0, 0.05) is 11.6 Å². The normalized spacial score (nSPS) is 10.9. The Morgan fingerprint density at radius 3 is 2.44 bits per heavy atom. The molecule has 0 aliphatic heterocycles. The first-order valence-corrected chi connectivity index (χ1v) is 8.61. The summed E-state index contributed by atoms with van der Waals surface area (Å²) in [6.45, 7) is 0.500. The van der Waals surface area contributed by atoms with Crippen molar-refractivity contribution in [2.45, 2.75) is 13.0 Å². The molecule has 4 heteroatoms. The Kier molecular flexibility index (Phi) is 6.00. The third kappa shape index (κ3) is 5.05. The van der Waals surface area contributed by atoms with Crippen molar-refractivity contribution in [1.29, 1.82) is 0 Å². The van der Waals surface area contributed by atoms with Gasteiger partial charge < -0.3 is 9.47 Å². The molecule has 0 aromatic heterocycles. The molecule has 0 fully saturated rings. The molecule has 136 valence electrons. The number of ether oxygens (including phenoxy) is 2. The van der Waals surface area contributed by atoms with Crippen molar-refractivity contribution in [1.82, 2.24) is 0 Å². The molecule has 3 rings (SSSR count). The fourth-order valence-corrected chi connectivity index (χ4v) is 2.69. The predicted octanol–water partition coefficient (Wildman–Crippen LogP) is 4.72. The van der Waals surface area contributed by atoms with E-state index in [-0.39, 0.29) is 18.0 Å². The van der Waals surface area contributed by atoms with E-state index in [2.05, 4.69) is 0 Å². The number of hydrogen-bond donors (Lipinski definition) is 0. The van der Waals surface area contributed by atoms with E-state index in [4.69, 9.17) is 9.47 Å². The van der Waals surface area contributed by atoms with Crippen LogP contribution in [0, 0.1) is 0 Å². The van der Waals surface area contributed by atoms with Gasteiger partial charge in [0.2, 0.25) is 0 Å². The summed E-state index contributed by atoms with van der Waals surface area (Å²) in [5.74, 6) is 0.268. The lowest BCUT2D eigenvalue weighted by molar-refractivity contribution is -0.113. The summed E-state index contributed by atoms with van der Waals surface area (Å²) in [6.07, 6.45) is 2.35. The van der Waals surface area contributed by atoms with E-state index in [1.54, 1.807) is 12.1 Å². The minimum absolute atomic E-state index is 0.177. The molecule has 0 aliphatic rings. The Morgan fingerprint density at radius 1 is 0.926 bits per heavy atom. The maximum Gasteiger partial charge on any atom is 0.170 e. The predicted molar refractivity (Wildman–Crippen MR) is 105 cm³/mol. The van der Waals surface area contributed by atoms with Crippen LogP contribution in [0.1, 0.15) is 22.3 Å². The van der Waals surface area contributed by atoms with Crippen molar-refractivity contribution < 1.29 is 19.1 Å². The average molecular weight is 360 g/mol. The molecule has 0 heterocycles. The van der Waals surface area contributed by atoms with Crippen LogP contribution < -0.4 is 4.74 Å². The number of carbonyl (C=O) groups excluding carboxylic acids is 2. The van der Waals surface area contributed by atoms with E-state index in [1.165, 1.54) is 19.4 Å². The molecule has 0 unspecified atom stereocenters. The van der Waals surface area contributed by atoms with Crippen LogP contribution in [0.15, 0.2) is 79.1 Å². The van der Waals surface area contributed by atoms with Gasteiger partial charge in [-0.25, -0.2) is 0 Å². The first kappa shape index (κ1) is 18.4. The summed E-state index contributed by atoms with van der Waals surface area (Å²) in [5, 5.41) is 1.90. The van der Waals surface area contributed by atoms with Crippen molar-refractivity contribution >= 4 is 22.3 Å². The number of hydrogen-bond acceptors (Lipinski definition) is 4. The second-order valence-corrected chi connectivity index (χ2v) is 6.10. The van der Waals surface area contributed by atoms with Gasteiger partial charge >= 0.3 is 0 Å². The van der Waals surface area contributed by atoms with Gasteiger partial charge in [0.05, 0.1) is 19.8 Å². The van der Waals surface area contributed by atoms with Crippen molar-refractivity contribution in [3.05, 3.63) is 90.2 Å². The van der Waals surface area contributed by atoms with Gasteiger partial charge in [-0.15, -0.1) is 0 Å². The van der Waals surface area contributed by atoms with E-state index in [9.17, 15) is 9.59 Å². The fraction of sp³-hybridized carbons (Fsp3) is 0.130. The van der Waals surface area contributed by atoms with E-state index < -0.39 is 0 Å². The molecule has 0 saturated carbocycles. The monoisotopic (exact) mass is 360 g/mol. The summed E-state index contributed by atoms with van der Waals surface area (Å²) in [7, 11) is 1.45. The third-order valence-electron chi connectivity index (χ3n) is 4.11. The molecule has 0 spiro atoms. The van der Waals surface area contributed by atoms with Crippen LogP contribution in [-0.4, -0.2) is 18.7 Å². The Morgan fingerprint density at radius 2 is 1.67 bits per heavy atom. The Labute approximate surface area is 158 Å². The van der Waals surface area contributed by atoms with Gasteiger partial charge in [-0.1, -0.05) is 48.5 Å². The van der Waals surface area contributed by atoms with Gasteiger partial charge in [0.1, 0.15) is 12.4 Å². The van der Waals surface area contributed by atoms with Crippen LogP contribution in [0.25, 0.3) is 10.8 Å². The largest absolute Gasteiger partial charge is 0.504 e. The van der Waals surface area contributed by atoms with E-state index in [0.717, 1.165) is 22.1 Å². The number of rotatable bonds is 8. The highest BCUT2D eigenvalue weighted by molar-refractivity contribution is 6.12. The molecule has 3 aromatic carbocycles. The number of fused-ring (bicyclic) bond motifs is 1. The molecule has 0 radical (unpaired) electrons. The van der Waals surface area contributed by atoms with Gasteiger partial charge in [-0.2, -0.15) is 0 Å². The van der Waals surface area contributed by atoms with Gasteiger partial charge in [0.15, 0.2) is 11.6 Å². The highest BCUT2D eigenvalue weighted by Gasteiger charge is 2.11. The standard InChI is InChI=1S/C23H20O4/c1-26-12-11-21(24)15-23(25)20-8-7-19-14-22(10-9-18(19)13-20)27-16-17-5-3-2-4-6-17/h2-14H,15-16H2,1H3/b12-11+. The molecule has 3 aromatic rings. The van der Waals surface area contributed by atoms with Crippen LogP contribution in [0.5, 0.6) is 5.75 Å². The zero-order chi connectivity index (χ0) is 19.1. The molecular formula is C23H20O4. The first-order valence-electron chi connectivity index (χ1n) is 8.61. The molecule has 0 bridgehead atoms. The quantitative estimate of drug-likeness (QED) is 0.252. The second kappa shape index (κ2) is 8.81. The van der Waals surface area contributed by atoms with Crippen molar-refractivity contribution in [2.24, 2.45) is 0 Å². The number of ketones is 2. The highest BCUT2D eigenvalue weighted by Crippen LogP contribution is 2.23. The molecule has 0 N–H and O–H groups in total. The molecule has 4 nitrogen and oxygen atoms in total. The Bertz CT molecular complexity index is 974. The van der Waals surface area contributed by atoms with Gasteiger partial charge in [0.25, 0.3) is 0 Å². The summed E-state index contributed by atoms with van der Waals surface area (Å²) in [6, 6.07) is 21.1. The maximum atomic E-state index is 12.3. The maximum absolute atomic E-state index is 12.3. The third-order valence-corrected chi connectivity index (χ3v) is 4.11. The summed E-state index contributed by atoms with van der Waals surface area (Å²) >= 11 is 0. The van der Waals surface area contributed by atoms with Crippen LogP contribution >= 0.6 is 0 Å². The molecule has 0 aliphatic carbocycles. The number of allylic oxidation sites excluding steroid dienone is 1. The van der Waals surface area contributed by atoms with Gasteiger partial charge in [-0.05, 0) is 34.5 Å². The summed E-state index contributed by atoms with van der Waals surface area (Å²) in [5.41, 5.74) is 1.62. The van der Waals surface area contributed by atoms with E-state index in [1.807, 2.05) is 54.6 Å². The first-order chi connectivity index (χ1) is 13.2. The number of Topliss-reactive ketones (excluding diaryl/α,β-unsaturated/α-hetero) is 1. The number of benzene rings is 3. The minimum atomic E-state index is -0.286. The van der Waals surface area contributed by atoms with E-state index in [0.29, 0.717) is 12.2 Å². The summed E-state index contributed by atoms with van der Waals surface area (Å²) in [4.78, 5) is 23.9. The lowest BCUT2D eigenvalue weighted by Crippen LogP contribution is -2.06. The van der Waals surface area contributed by atoms with Gasteiger partial charge in [-0.3, -0.25) is 9.59 Å². The summed E-state index contributed by atoms with van der Waals surface area (Å²) < 4.78 is 10.5. The smallest absolute Gasteiger partial charge is 0.170 e. The average Bonchev–Trinajstić information content (AvgIpc) is 2.71. The van der Waals surface area contributed by atoms with E-state index >= 15 is 0 Å². The zero-order valence-corrected chi connectivity index (χ0v) is 15.1. The minimum Gasteiger partial charge on any atom is -0.504 e. The lowest BCUT2D eigenvalue weighted by Gasteiger charge is -2.08. The molecule has 0 atom stereocenters. The molecule has 0 saturated heterocycles. The van der Waals surface area contributed by atoms with Crippen molar-refractivity contribution in [3.8, 4) is 5.75 Å². The lowest BCUT2D eigenvalue weighted by atomic mass is 10.0. The molecular weight excluding hydrogens is 340 g/mol. The fourth-order valence-electron chi connectivity index (χ4n) is 2.69. The topological polar surface area (TPSA) is 52.6 Å². The van der Waals surface area contributed by atoms with Crippen molar-refractivity contribution in [3.63, 3.8) is 0 Å². The Balaban J connectivity index is 1.70. The highest BCUT2D eigenvalue weighted by atomic mass is 16.5. The SMILES string of the molecule is CO/C=C/C(=O)CC(=O)c1ccc2cc(OCc3ccccc3)ccc2c1. The molecule has 0 amide bonds. The second-order valence-electron chi connectivity index (χ2n) is 6.10. The Hall–Kier alpha value is -3.40.